The first-order valence-corrected chi connectivity index (χ1v) is 10.4. The summed E-state index contributed by atoms with van der Waals surface area (Å²) >= 11 is 3.86. The molecular weight excluding hydrogens is 446 g/mol. The van der Waals surface area contributed by atoms with E-state index in [0.29, 0.717) is 0 Å². The van der Waals surface area contributed by atoms with E-state index in [1.54, 1.807) is 13.8 Å². The molecule has 0 aromatic heterocycles. The van der Waals surface area contributed by atoms with Crippen molar-refractivity contribution >= 4 is 48.2 Å². The van der Waals surface area contributed by atoms with Gasteiger partial charge in [-0.3, -0.25) is 24.0 Å². The molecule has 0 fully saturated rings. The number of nitrogens with one attached hydrogen (secondary N) is 3. The van der Waals surface area contributed by atoms with Crippen LogP contribution >= 0.6 is 12.6 Å². The lowest BCUT2D eigenvalue weighted by molar-refractivity contribution is -0.142. The first-order valence-electron chi connectivity index (χ1n) is 9.80. The van der Waals surface area contributed by atoms with Crippen LogP contribution < -0.4 is 27.4 Å². The minimum atomic E-state index is -1.30. The van der Waals surface area contributed by atoms with Crippen molar-refractivity contribution in [3.8, 4) is 0 Å². The molecule has 13 nitrogen and oxygen atoms in total. The van der Waals surface area contributed by atoms with E-state index in [-0.39, 0.29) is 31.4 Å². The van der Waals surface area contributed by atoms with Crippen molar-refractivity contribution in [1.82, 2.24) is 16.0 Å². The van der Waals surface area contributed by atoms with Gasteiger partial charge < -0.3 is 37.6 Å². The van der Waals surface area contributed by atoms with Crippen molar-refractivity contribution in [3.63, 3.8) is 0 Å². The molecule has 0 aromatic rings. The van der Waals surface area contributed by atoms with Gasteiger partial charge in [-0.05, 0) is 18.8 Å². The zero-order valence-electron chi connectivity index (χ0n) is 17.9. The van der Waals surface area contributed by atoms with Crippen LogP contribution in [0, 0.1) is 5.92 Å². The summed E-state index contributed by atoms with van der Waals surface area (Å²) in [5.74, 6) is -6.23. The number of primary amides is 1. The molecule has 4 amide bonds. The molecule has 0 rings (SSSR count). The molecule has 0 bridgehead atoms. The second kappa shape index (κ2) is 14.2. The van der Waals surface area contributed by atoms with Gasteiger partial charge in [0.25, 0.3) is 0 Å². The second-order valence-corrected chi connectivity index (χ2v) is 7.78. The normalized spacial score (nSPS) is 14.5. The third-order valence-electron chi connectivity index (χ3n) is 4.36. The Bertz CT molecular complexity index is 717. The van der Waals surface area contributed by atoms with Gasteiger partial charge in [0.1, 0.15) is 18.1 Å². The summed E-state index contributed by atoms with van der Waals surface area (Å²) in [6, 6.07) is -4.94. The molecule has 32 heavy (non-hydrogen) atoms. The van der Waals surface area contributed by atoms with Gasteiger partial charge in [-0.1, -0.05) is 13.8 Å². The largest absolute Gasteiger partial charge is 0.481 e. The van der Waals surface area contributed by atoms with Crippen LogP contribution in [-0.2, 0) is 28.8 Å². The quantitative estimate of drug-likeness (QED) is 0.117. The third-order valence-corrected chi connectivity index (χ3v) is 4.73. The number of thiol groups is 1. The van der Waals surface area contributed by atoms with Crippen LogP contribution in [0.25, 0.3) is 0 Å². The van der Waals surface area contributed by atoms with Gasteiger partial charge >= 0.3 is 11.9 Å². The van der Waals surface area contributed by atoms with Gasteiger partial charge in [0, 0.05) is 18.6 Å². The Morgan fingerprint density at radius 2 is 1.41 bits per heavy atom. The molecular formula is C18H31N5O8S. The van der Waals surface area contributed by atoms with E-state index < -0.39 is 65.7 Å². The van der Waals surface area contributed by atoms with Gasteiger partial charge in [0.15, 0.2) is 0 Å². The number of rotatable bonds is 15. The van der Waals surface area contributed by atoms with Gasteiger partial charge in [0.2, 0.25) is 23.6 Å². The Labute approximate surface area is 190 Å². The molecule has 0 saturated carbocycles. The van der Waals surface area contributed by atoms with Crippen molar-refractivity contribution in [2.24, 2.45) is 17.4 Å². The fourth-order valence-corrected chi connectivity index (χ4v) is 2.73. The van der Waals surface area contributed by atoms with Crippen LogP contribution in [0.5, 0.6) is 0 Å². The highest BCUT2D eigenvalue weighted by atomic mass is 32.1. The lowest BCUT2D eigenvalue weighted by Crippen LogP contribution is -2.58. The van der Waals surface area contributed by atoms with E-state index in [4.69, 9.17) is 21.7 Å². The maximum atomic E-state index is 12.8. The van der Waals surface area contributed by atoms with Crippen molar-refractivity contribution in [1.29, 1.82) is 0 Å². The van der Waals surface area contributed by atoms with E-state index in [1.165, 1.54) is 0 Å². The zero-order valence-corrected chi connectivity index (χ0v) is 18.8. The molecule has 0 aliphatic heterocycles. The highest BCUT2D eigenvalue weighted by Gasteiger charge is 2.31. The van der Waals surface area contributed by atoms with E-state index in [1.807, 2.05) is 0 Å². The number of aliphatic carboxylic acids is 2. The fourth-order valence-electron chi connectivity index (χ4n) is 2.48. The number of carboxylic acids is 2. The summed E-state index contributed by atoms with van der Waals surface area (Å²) in [7, 11) is 0. The van der Waals surface area contributed by atoms with Gasteiger partial charge in [-0.15, -0.1) is 0 Å². The summed E-state index contributed by atoms with van der Waals surface area (Å²) < 4.78 is 0. The smallest absolute Gasteiger partial charge is 0.327 e. The van der Waals surface area contributed by atoms with Gasteiger partial charge in [-0.2, -0.15) is 12.6 Å². The maximum absolute atomic E-state index is 12.8. The maximum Gasteiger partial charge on any atom is 0.327 e. The number of hydrogen-bond donors (Lipinski definition) is 8. The number of amides is 4. The molecule has 0 heterocycles. The molecule has 9 N–H and O–H groups in total. The van der Waals surface area contributed by atoms with Crippen LogP contribution in [0.4, 0.5) is 0 Å². The van der Waals surface area contributed by atoms with Crippen molar-refractivity contribution < 1.29 is 39.0 Å². The Morgan fingerprint density at radius 1 is 0.844 bits per heavy atom. The average molecular weight is 478 g/mol. The summed E-state index contributed by atoms with van der Waals surface area (Å²) in [6.07, 6.45) is -0.998. The molecule has 0 saturated heterocycles. The molecule has 14 heteroatoms. The lowest BCUT2D eigenvalue weighted by atomic mass is 10.0. The first-order chi connectivity index (χ1) is 14.8. The highest BCUT2D eigenvalue weighted by molar-refractivity contribution is 7.80. The monoisotopic (exact) mass is 477 g/mol. The molecule has 4 atom stereocenters. The molecule has 4 unspecified atom stereocenters. The van der Waals surface area contributed by atoms with Crippen LogP contribution in [0.2, 0.25) is 0 Å². The van der Waals surface area contributed by atoms with E-state index in [0.717, 1.165) is 0 Å². The van der Waals surface area contributed by atoms with Crippen LogP contribution in [0.1, 0.15) is 39.5 Å². The predicted molar refractivity (Wildman–Crippen MR) is 115 cm³/mol. The second-order valence-electron chi connectivity index (χ2n) is 7.42. The number of carbonyl (C=O) groups is 6. The summed E-state index contributed by atoms with van der Waals surface area (Å²) in [6.45, 7) is 3.22. The standard InChI is InChI=1S/C18H31N5O8S/c1-8(2)14(17(29)22-11(7-32)18(30)31)23-16(28)10(4-5-12(20)24)21-15(27)9(19)3-6-13(25)26/h8-11,14,32H,3-7,19H2,1-2H3,(H2,20,24)(H,21,27)(H,22,29)(H,23,28)(H,25,26)(H,30,31). The fraction of sp³-hybridized carbons (Fsp3) is 0.667. The summed E-state index contributed by atoms with van der Waals surface area (Å²) in [5.41, 5.74) is 10.7. The average Bonchev–Trinajstić information content (AvgIpc) is 2.69. The number of carboxylic acid groups (broad SMARTS) is 2. The van der Waals surface area contributed by atoms with Crippen molar-refractivity contribution in [2.75, 3.05) is 5.75 Å². The molecule has 0 aliphatic rings. The van der Waals surface area contributed by atoms with Gasteiger partial charge in [-0.25, -0.2) is 4.79 Å². The molecule has 0 spiro atoms. The van der Waals surface area contributed by atoms with Crippen LogP contribution in [0.15, 0.2) is 0 Å². The van der Waals surface area contributed by atoms with E-state index >= 15 is 0 Å². The minimum absolute atomic E-state index is 0.175. The van der Waals surface area contributed by atoms with Crippen molar-refractivity contribution in [3.05, 3.63) is 0 Å². The van der Waals surface area contributed by atoms with Gasteiger partial charge in [0.05, 0.1) is 6.04 Å². The summed E-state index contributed by atoms with van der Waals surface area (Å²) in [4.78, 5) is 70.4. The van der Waals surface area contributed by atoms with Crippen LogP contribution in [-0.4, -0.2) is 75.7 Å². The topological polar surface area (TPSA) is 231 Å². The Hall–Kier alpha value is -2.87. The van der Waals surface area contributed by atoms with E-state index in [9.17, 15) is 28.8 Å². The third kappa shape index (κ3) is 10.9. The lowest BCUT2D eigenvalue weighted by Gasteiger charge is -2.26. The van der Waals surface area contributed by atoms with Crippen LogP contribution in [0.3, 0.4) is 0 Å². The molecule has 0 aromatic carbocycles. The summed E-state index contributed by atoms with van der Waals surface area (Å²) in [5, 5.41) is 24.8. The zero-order chi connectivity index (χ0) is 25.0. The SMILES string of the molecule is CC(C)C(NC(=O)C(CCC(N)=O)NC(=O)C(N)CCC(=O)O)C(=O)NC(CS)C(=O)O. The molecule has 182 valence electrons. The highest BCUT2D eigenvalue weighted by Crippen LogP contribution is 2.07. The molecule has 0 radical (unpaired) electrons. The Morgan fingerprint density at radius 3 is 1.84 bits per heavy atom. The Balaban J connectivity index is 5.38. The predicted octanol–water partition coefficient (Wildman–Crippen LogP) is -2.43. The Kier molecular flexibility index (Phi) is 13.0. The minimum Gasteiger partial charge on any atom is -0.481 e. The number of nitrogens with two attached hydrogens (primary N) is 2. The number of hydrogen-bond acceptors (Lipinski definition) is 8. The number of carbonyl (C=O) groups excluding carboxylic acids is 4. The first kappa shape index (κ1) is 29.1. The molecule has 0 aliphatic carbocycles. The van der Waals surface area contributed by atoms with Crippen molar-refractivity contribution in [2.45, 2.75) is 63.7 Å². The van der Waals surface area contributed by atoms with E-state index in [2.05, 4.69) is 28.6 Å².